The number of halogens is 1. The van der Waals surface area contributed by atoms with Crippen molar-refractivity contribution < 1.29 is 12.8 Å². The van der Waals surface area contributed by atoms with Crippen molar-refractivity contribution in [2.45, 2.75) is 23.8 Å². The highest BCUT2D eigenvalue weighted by Gasteiger charge is 2.30. The second kappa shape index (κ2) is 4.72. The number of nitrogens with two attached hydrogens (primary N) is 1. The smallest absolute Gasteiger partial charge is 0.246 e. The fourth-order valence-electron chi connectivity index (χ4n) is 1.99. The maximum Gasteiger partial charge on any atom is 0.246 e. The highest BCUT2D eigenvalue weighted by atomic mass is 32.2. The van der Waals surface area contributed by atoms with E-state index in [1.165, 1.54) is 22.5 Å². The van der Waals surface area contributed by atoms with Crippen molar-refractivity contribution in [2.75, 3.05) is 13.1 Å². The van der Waals surface area contributed by atoms with Gasteiger partial charge >= 0.3 is 0 Å². The molecule has 1 aliphatic rings. The van der Waals surface area contributed by atoms with Crippen LogP contribution in [0.25, 0.3) is 0 Å². The normalized spacial score (nSPS) is 22.6. The average molecular weight is 258 g/mol. The van der Waals surface area contributed by atoms with Gasteiger partial charge in [0.1, 0.15) is 10.7 Å². The summed E-state index contributed by atoms with van der Waals surface area (Å²) in [5.41, 5.74) is 5.74. The van der Waals surface area contributed by atoms with Gasteiger partial charge in [0.05, 0.1) is 0 Å². The van der Waals surface area contributed by atoms with Gasteiger partial charge in [-0.05, 0) is 25.0 Å². The molecule has 0 aromatic heterocycles. The highest BCUT2D eigenvalue weighted by Crippen LogP contribution is 2.22. The van der Waals surface area contributed by atoms with Gasteiger partial charge in [0.2, 0.25) is 10.0 Å². The first-order valence-corrected chi connectivity index (χ1v) is 6.96. The Labute approximate surface area is 100 Å². The van der Waals surface area contributed by atoms with Crippen LogP contribution in [0, 0.1) is 5.82 Å². The fraction of sp³-hybridized carbons (Fsp3) is 0.455. The van der Waals surface area contributed by atoms with Crippen molar-refractivity contribution in [1.29, 1.82) is 0 Å². The largest absolute Gasteiger partial charge is 0.327 e. The Morgan fingerprint density at radius 3 is 2.71 bits per heavy atom. The first kappa shape index (κ1) is 12.5. The zero-order chi connectivity index (χ0) is 12.5. The Morgan fingerprint density at radius 1 is 1.35 bits per heavy atom. The SMILES string of the molecule is NC1CCCN(S(=O)(=O)c2ccccc2F)C1. The first-order chi connectivity index (χ1) is 8.01. The van der Waals surface area contributed by atoms with E-state index >= 15 is 0 Å². The molecule has 2 N–H and O–H groups in total. The van der Waals surface area contributed by atoms with E-state index in [9.17, 15) is 12.8 Å². The van der Waals surface area contributed by atoms with Crippen LogP contribution in [-0.4, -0.2) is 31.9 Å². The summed E-state index contributed by atoms with van der Waals surface area (Å²) in [6, 6.07) is 5.25. The van der Waals surface area contributed by atoms with Crippen molar-refractivity contribution in [3.63, 3.8) is 0 Å². The van der Waals surface area contributed by atoms with Gasteiger partial charge in [0.15, 0.2) is 0 Å². The molecule has 1 fully saturated rings. The third-order valence-electron chi connectivity index (χ3n) is 2.88. The molecule has 0 spiro atoms. The molecule has 2 rings (SSSR count). The number of piperidine rings is 1. The summed E-state index contributed by atoms with van der Waals surface area (Å²) < 4.78 is 39.1. The predicted octanol–water partition coefficient (Wildman–Crippen LogP) is 0.937. The van der Waals surface area contributed by atoms with E-state index in [4.69, 9.17) is 5.73 Å². The predicted molar refractivity (Wildman–Crippen MR) is 62.4 cm³/mol. The van der Waals surface area contributed by atoms with Crippen LogP contribution in [0.3, 0.4) is 0 Å². The summed E-state index contributed by atoms with van der Waals surface area (Å²) >= 11 is 0. The van der Waals surface area contributed by atoms with E-state index in [1.54, 1.807) is 0 Å². The van der Waals surface area contributed by atoms with E-state index in [1.807, 2.05) is 0 Å². The molecule has 94 valence electrons. The number of hydrogen-bond acceptors (Lipinski definition) is 3. The van der Waals surface area contributed by atoms with Gasteiger partial charge in [-0.3, -0.25) is 0 Å². The molecule has 1 aliphatic heterocycles. The Bertz CT molecular complexity index is 504. The van der Waals surface area contributed by atoms with E-state index in [-0.39, 0.29) is 17.5 Å². The van der Waals surface area contributed by atoms with Gasteiger partial charge in [-0.25, -0.2) is 12.8 Å². The van der Waals surface area contributed by atoms with E-state index in [2.05, 4.69) is 0 Å². The number of sulfonamides is 1. The minimum Gasteiger partial charge on any atom is -0.327 e. The number of hydrogen-bond donors (Lipinski definition) is 1. The van der Waals surface area contributed by atoms with Crippen molar-refractivity contribution in [3.8, 4) is 0 Å². The Morgan fingerprint density at radius 2 is 2.06 bits per heavy atom. The van der Waals surface area contributed by atoms with Gasteiger partial charge in [0.25, 0.3) is 0 Å². The van der Waals surface area contributed by atoms with Crippen LogP contribution in [0.2, 0.25) is 0 Å². The molecule has 1 heterocycles. The average Bonchev–Trinajstić information content (AvgIpc) is 2.29. The van der Waals surface area contributed by atoms with Crippen molar-refractivity contribution >= 4 is 10.0 Å². The summed E-state index contributed by atoms with van der Waals surface area (Å²) in [5, 5.41) is 0. The second-order valence-corrected chi connectivity index (χ2v) is 6.10. The molecule has 1 saturated heterocycles. The topological polar surface area (TPSA) is 63.4 Å². The quantitative estimate of drug-likeness (QED) is 0.858. The van der Waals surface area contributed by atoms with Crippen molar-refractivity contribution in [1.82, 2.24) is 4.31 Å². The number of nitrogens with zero attached hydrogens (tertiary/aromatic N) is 1. The summed E-state index contributed by atoms with van der Waals surface area (Å²) in [7, 11) is -3.75. The second-order valence-electron chi connectivity index (χ2n) is 4.20. The van der Waals surface area contributed by atoms with E-state index in [0.29, 0.717) is 6.54 Å². The van der Waals surface area contributed by atoms with Crippen LogP contribution in [0.1, 0.15) is 12.8 Å². The molecule has 6 heteroatoms. The lowest BCUT2D eigenvalue weighted by atomic mass is 10.1. The van der Waals surface area contributed by atoms with Gasteiger partial charge in [-0.2, -0.15) is 4.31 Å². The zero-order valence-electron chi connectivity index (χ0n) is 9.34. The molecule has 0 saturated carbocycles. The van der Waals surface area contributed by atoms with E-state index in [0.717, 1.165) is 18.9 Å². The molecule has 17 heavy (non-hydrogen) atoms. The summed E-state index contributed by atoms with van der Waals surface area (Å²) in [5.74, 6) is -0.716. The first-order valence-electron chi connectivity index (χ1n) is 5.52. The molecule has 0 aliphatic carbocycles. The molecule has 1 aromatic rings. The summed E-state index contributed by atoms with van der Waals surface area (Å²) in [6.45, 7) is 0.668. The Hall–Kier alpha value is -0.980. The lowest BCUT2D eigenvalue weighted by Crippen LogP contribution is -2.45. The highest BCUT2D eigenvalue weighted by molar-refractivity contribution is 7.89. The van der Waals surface area contributed by atoms with Crippen molar-refractivity contribution in [2.24, 2.45) is 5.73 Å². The number of rotatable bonds is 2. The van der Waals surface area contributed by atoms with Gasteiger partial charge < -0.3 is 5.73 Å². The van der Waals surface area contributed by atoms with Gasteiger partial charge in [-0.1, -0.05) is 12.1 Å². The third-order valence-corrected chi connectivity index (χ3v) is 4.77. The molecule has 0 radical (unpaired) electrons. The Balaban J connectivity index is 2.33. The molecule has 4 nitrogen and oxygen atoms in total. The standard InChI is InChI=1S/C11H15FN2O2S/c12-10-5-1-2-6-11(10)17(15,16)14-7-3-4-9(13)8-14/h1-2,5-6,9H,3-4,7-8,13H2. The molecule has 1 aromatic carbocycles. The van der Waals surface area contributed by atoms with Crippen LogP contribution >= 0.6 is 0 Å². The molecular weight excluding hydrogens is 243 g/mol. The molecule has 1 atom stereocenters. The monoisotopic (exact) mass is 258 g/mol. The van der Waals surface area contributed by atoms with Crippen LogP contribution in [0.4, 0.5) is 4.39 Å². The minimum atomic E-state index is -3.75. The van der Waals surface area contributed by atoms with Crippen LogP contribution in [0.5, 0.6) is 0 Å². The van der Waals surface area contributed by atoms with Crippen LogP contribution in [0.15, 0.2) is 29.2 Å². The van der Waals surface area contributed by atoms with Crippen LogP contribution in [-0.2, 0) is 10.0 Å². The zero-order valence-corrected chi connectivity index (χ0v) is 10.2. The minimum absolute atomic E-state index is 0.162. The fourth-order valence-corrected chi connectivity index (χ4v) is 3.59. The van der Waals surface area contributed by atoms with Crippen LogP contribution < -0.4 is 5.73 Å². The molecular formula is C11H15FN2O2S. The molecule has 0 bridgehead atoms. The third kappa shape index (κ3) is 2.48. The lowest BCUT2D eigenvalue weighted by molar-refractivity contribution is 0.315. The summed E-state index contributed by atoms with van der Waals surface area (Å²) in [6.07, 6.45) is 1.53. The molecule has 0 amide bonds. The van der Waals surface area contributed by atoms with Gasteiger partial charge in [-0.15, -0.1) is 0 Å². The lowest BCUT2D eigenvalue weighted by Gasteiger charge is -2.29. The maximum absolute atomic E-state index is 13.5. The van der Waals surface area contributed by atoms with Gasteiger partial charge in [0, 0.05) is 19.1 Å². The Kier molecular flexibility index (Phi) is 3.46. The maximum atomic E-state index is 13.5. The molecule has 1 unspecified atom stereocenters. The van der Waals surface area contributed by atoms with Crippen molar-refractivity contribution in [3.05, 3.63) is 30.1 Å². The summed E-state index contributed by atoms with van der Waals surface area (Å²) in [4.78, 5) is -0.269. The number of benzene rings is 1. The van der Waals surface area contributed by atoms with E-state index < -0.39 is 15.8 Å².